The van der Waals surface area contributed by atoms with Crippen molar-refractivity contribution < 1.29 is 9.47 Å². The lowest BCUT2D eigenvalue weighted by molar-refractivity contribution is 0.122. The fourth-order valence-corrected chi connectivity index (χ4v) is 2.61. The average Bonchev–Trinajstić information content (AvgIpc) is 2.56. The number of nitrogens with zero attached hydrogens (tertiary/aromatic N) is 2. The van der Waals surface area contributed by atoms with Crippen molar-refractivity contribution in [3.63, 3.8) is 0 Å². The summed E-state index contributed by atoms with van der Waals surface area (Å²) in [7, 11) is 1.67. The average molecular weight is 284 g/mol. The summed E-state index contributed by atoms with van der Waals surface area (Å²) in [6.45, 7) is 3.39. The third-order valence-electron chi connectivity index (χ3n) is 3.72. The van der Waals surface area contributed by atoms with E-state index >= 15 is 0 Å². The summed E-state index contributed by atoms with van der Waals surface area (Å²) in [5.41, 5.74) is 3.52. The zero-order chi connectivity index (χ0) is 14.5. The Morgan fingerprint density at radius 2 is 1.95 bits per heavy atom. The Balaban J connectivity index is 1.86. The minimum Gasteiger partial charge on any atom is -0.481 e. The quantitative estimate of drug-likeness (QED) is 0.864. The molecule has 1 aliphatic rings. The van der Waals surface area contributed by atoms with E-state index in [1.165, 1.54) is 5.56 Å². The van der Waals surface area contributed by atoms with Crippen LogP contribution in [0.1, 0.15) is 11.1 Å². The van der Waals surface area contributed by atoms with Crippen molar-refractivity contribution in [3.05, 3.63) is 53.7 Å². The fraction of sp³-hybridized carbons (Fsp3) is 0.353. The lowest BCUT2D eigenvalue weighted by atomic mass is 10.1. The number of methoxy groups -OCH3 is 1. The molecular formula is C17H20N2O2. The molecule has 110 valence electrons. The van der Waals surface area contributed by atoms with Gasteiger partial charge < -0.3 is 14.4 Å². The monoisotopic (exact) mass is 284 g/mol. The summed E-state index contributed by atoms with van der Waals surface area (Å²) < 4.78 is 10.8. The van der Waals surface area contributed by atoms with Gasteiger partial charge in [0.1, 0.15) is 0 Å². The first-order chi connectivity index (χ1) is 10.4. The SMILES string of the molecule is COc1ncc(N2CCOCC2)cc1Cc1ccccc1. The smallest absolute Gasteiger partial charge is 0.216 e. The number of benzene rings is 1. The van der Waals surface area contributed by atoms with E-state index in [1.807, 2.05) is 12.3 Å². The Morgan fingerprint density at radius 3 is 2.67 bits per heavy atom. The Morgan fingerprint density at radius 1 is 1.19 bits per heavy atom. The zero-order valence-corrected chi connectivity index (χ0v) is 12.3. The first-order valence-electron chi connectivity index (χ1n) is 7.26. The van der Waals surface area contributed by atoms with E-state index in [-0.39, 0.29) is 0 Å². The van der Waals surface area contributed by atoms with Crippen molar-refractivity contribution in [2.45, 2.75) is 6.42 Å². The second-order valence-electron chi connectivity index (χ2n) is 5.12. The highest BCUT2D eigenvalue weighted by atomic mass is 16.5. The first kappa shape index (κ1) is 13.9. The van der Waals surface area contributed by atoms with Gasteiger partial charge in [-0.25, -0.2) is 4.98 Å². The summed E-state index contributed by atoms with van der Waals surface area (Å²) in [6.07, 6.45) is 2.72. The van der Waals surface area contributed by atoms with Crippen LogP contribution in [0.3, 0.4) is 0 Å². The van der Waals surface area contributed by atoms with E-state index in [1.54, 1.807) is 7.11 Å². The molecule has 4 nitrogen and oxygen atoms in total. The minimum absolute atomic E-state index is 0.705. The van der Waals surface area contributed by atoms with Crippen LogP contribution in [0.15, 0.2) is 42.6 Å². The maximum absolute atomic E-state index is 5.41. The number of rotatable bonds is 4. The molecule has 2 aromatic rings. The third kappa shape index (κ3) is 3.34. The number of aromatic nitrogens is 1. The largest absolute Gasteiger partial charge is 0.481 e. The second kappa shape index (κ2) is 6.59. The van der Waals surface area contributed by atoms with Crippen molar-refractivity contribution in [2.75, 3.05) is 38.3 Å². The van der Waals surface area contributed by atoms with E-state index < -0.39 is 0 Å². The van der Waals surface area contributed by atoms with Gasteiger partial charge in [-0.3, -0.25) is 0 Å². The molecule has 2 heterocycles. The molecule has 1 saturated heterocycles. The van der Waals surface area contributed by atoms with Crippen LogP contribution in [-0.2, 0) is 11.2 Å². The summed E-state index contributed by atoms with van der Waals surface area (Å²) in [5.74, 6) is 0.705. The first-order valence-corrected chi connectivity index (χ1v) is 7.26. The van der Waals surface area contributed by atoms with Gasteiger partial charge in [-0.05, 0) is 11.6 Å². The highest BCUT2D eigenvalue weighted by Gasteiger charge is 2.14. The number of morpholine rings is 1. The van der Waals surface area contributed by atoms with Gasteiger partial charge in [0, 0.05) is 25.1 Å². The van der Waals surface area contributed by atoms with E-state index in [0.717, 1.165) is 44.0 Å². The van der Waals surface area contributed by atoms with E-state index in [4.69, 9.17) is 9.47 Å². The van der Waals surface area contributed by atoms with Crippen molar-refractivity contribution in [1.82, 2.24) is 4.98 Å². The topological polar surface area (TPSA) is 34.6 Å². The van der Waals surface area contributed by atoms with Crippen LogP contribution in [0.5, 0.6) is 5.88 Å². The molecule has 0 saturated carbocycles. The molecule has 0 amide bonds. The predicted molar refractivity (Wildman–Crippen MR) is 83.1 cm³/mol. The van der Waals surface area contributed by atoms with Gasteiger partial charge in [-0.1, -0.05) is 30.3 Å². The van der Waals surface area contributed by atoms with Crippen molar-refractivity contribution in [2.24, 2.45) is 0 Å². The van der Waals surface area contributed by atoms with E-state index in [9.17, 15) is 0 Å². The molecule has 0 aliphatic carbocycles. The highest BCUT2D eigenvalue weighted by Crippen LogP contribution is 2.25. The Bertz CT molecular complexity index is 581. The molecule has 0 unspecified atom stereocenters. The van der Waals surface area contributed by atoms with Crippen LogP contribution in [0, 0.1) is 0 Å². The van der Waals surface area contributed by atoms with Gasteiger partial charge >= 0.3 is 0 Å². The lowest BCUT2D eigenvalue weighted by Gasteiger charge is -2.29. The molecule has 0 atom stereocenters. The third-order valence-corrected chi connectivity index (χ3v) is 3.72. The van der Waals surface area contributed by atoms with Gasteiger partial charge in [-0.2, -0.15) is 0 Å². The molecule has 1 aromatic heterocycles. The summed E-state index contributed by atoms with van der Waals surface area (Å²) >= 11 is 0. The Labute approximate surface area is 125 Å². The maximum Gasteiger partial charge on any atom is 0.216 e. The van der Waals surface area contributed by atoms with Gasteiger partial charge in [0.15, 0.2) is 0 Å². The summed E-state index contributed by atoms with van der Waals surface area (Å²) in [6, 6.07) is 12.6. The highest BCUT2D eigenvalue weighted by molar-refractivity contribution is 5.50. The molecule has 0 spiro atoms. The van der Waals surface area contributed by atoms with Crippen LogP contribution in [0.4, 0.5) is 5.69 Å². The Kier molecular flexibility index (Phi) is 4.36. The molecule has 1 fully saturated rings. The molecule has 21 heavy (non-hydrogen) atoms. The van der Waals surface area contributed by atoms with E-state index in [0.29, 0.717) is 5.88 Å². The predicted octanol–water partition coefficient (Wildman–Crippen LogP) is 2.52. The molecule has 3 rings (SSSR count). The number of hydrogen-bond acceptors (Lipinski definition) is 4. The molecule has 0 radical (unpaired) electrons. The van der Waals surface area contributed by atoms with Crippen molar-refractivity contribution in [1.29, 1.82) is 0 Å². The lowest BCUT2D eigenvalue weighted by Crippen LogP contribution is -2.36. The number of anilines is 1. The van der Waals surface area contributed by atoms with Gasteiger partial charge in [0.2, 0.25) is 5.88 Å². The van der Waals surface area contributed by atoms with Gasteiger partial charge in [-0.15, -0.1) is 0 Å². The summed E-state index contributed by atoms with van der Waals surface area (Å²) in [4.78, 5) is 6.77. The van der Waals surface area contributed by atoms with Gasteiger partial charge in [0.05, 0.1) is 32.2 Å². The second-order valence-corrected chi connectivity index (χ2v) is 5.12. The van der Waals surface area contributed by atoms with Crippen molar-refractivity contribution in [3.8, 4) is 5.88 Å². The summed E-state index contributed by atoms with van der Waals surface area (Å²) in [5, 5.41) is 0. The molecule has 1 aromatic carbocycles. The van der Waals surface area contributed by atoms with Crippen LogP contribution in [0.25, 0.3) is 0 Å². The molecule has 0 N–H and O–H groups in total. The van der Waals surface area contributed by atoms with Crippen LogP contribution < -0.4 is 9.64 Å². The van der Waals surface area contributed by atoms with Gasteiger partial charge in [0.25, 0.3) is 0 Å². The van der Waals surface area contributed by atoms with E-state index in [2.05, 4.69) is 40.2 Å². The molecular weight excluding hydrogens is 264 g/mol. The zero-order valence-electron chi connectivity index (χ0n) is 12.3. The molecule has 1 aliphatic heterocycles. The Hall–Kier alpha value is -2.07. The number of ether oxygens (including phenoxy) is 2. The van der Waals surface area contributed by atoms with Crippen LogP contribution >= 0.6 is 0 Å². The number of hydrogen-bond donors (Lipinski definition) is 0. The normalized spacial score (nSPS) is 15.0. The van der Waals surface area contributed by atoms with Crippen LogP contribution in [0.2, 0.25) is 0 Å². The fourth-order valence-electron chi connectivity index (χ4n) is 2.61. The standard InChI is InChI=1S/C17H20N2O2/c1-20-17-15(11-14-5-3-2-4-6-14)12-16(13-18-17)19-7-9-21-10-8-19/h2-6,12-13H,7-11H2,1H3. The maximum atomic E-state index is 5.41. The molecule has 4 heteroatoms. The number of pyridine rings is 1. The van der Waals surface area contributed by atoms with Crippen molar-refractivity contribution >= 4 is 5.69 Å². The van der Waals surface area contributed by atoms with Crippen LogP contribution in [-0.4, -0.2) is 38.4 Å². The minimum atomic E-state index is 0.705. The molecule has 0 bridgehead atoms.